The zero-order valence-electron chi connectivity index (χ0n) is 13.9. The summed E-state index contributed by atoms with van der Waals surface area (Å²) < 4.78 is 5.64. The number of aromatic carboxylic acids is 1. The van der Waals surface area contributed by atoms with Crippen LogP contribution in [0.15, 0.2) is 51.6 Å². The van der Waals surface area contributed by atoms with Crippen molar-refractivity contribution in [3.8, 4) is 10.4 Å². The van der Waals surface area contributed by atoms with Crippen molar-refractivity contribution >= 4 is 44.8 Å². The number of carboxylic acids is 1. The number of nitrogens with one attached hydrogen (secondary N) is 1. The molecule has 134 valence electrons. The number of benzene rings is 1. The van der Waals surface area contributed by atoms with Crippen LogP contribution in [0.5, 0.6) is 0 Å². The van der Waals surface area contributed by atoms with E-state index in [0.717, 1.165) is 34.6 Å². The van der Waals surface area contributed by atoms with Gasteiger partial charge in [-0.25, -0.2) is 4.79 Å². The van der Waals surface area contributed by atoms with Crippen LogP contribution in [0.4, 0.5) is 5.69 Å². The molecule has 0 atom stereocenters. The van der Waals surface area contributed by atoms with E-state index in [4.69, 9.17) is 4.42 Å². The number of halogens is 1. The zero-order valence-corrected chi connectivity index (χ0v) is 16.3. The van der Waals surface area contributed by atoms with E-state index in [1.165, 1.54) is 11.6 Å². The van der Waals surface area contributed by atoms with Crippen molar-refractivity contribution in [2.45, 2.75) is 19.8 Å². The average molecular weight is 434 g/mol. The molecule has 0 radical (unpaired) electrons. The number of anilines is 1. The van der Waals surface area contributed by atoms with Gasteiger partial charge in [0.2, 0.25) is 0 Å². The van der Waals surface area contributed by atoms with Gasteiger partial charge in [-0.1, -0.05) is 37.6 Å². The predicted molar refractivity (Wildman–Crippen MR) is 105 cm³/mol. The fourth-order valence-electron chi connectivity index (χ4n) is 2.53. The number of hydrogen-bond acceptors (Lipinski definition) is 4. The van der Waals surface area contributed by atoms with E-state index in [-0.39, 0.29) is 16.3 Å². The molecule has 0 saturated carbocycles. The largest absolute Gasteiger partial charge is 0.477 e. The summed E-state index contributed by atoms with van der Waals surface area (Å²) in [6.07, 6.45) is 2.08. The first-order valence-corrected chi connectivity index (χ1v) is 9.62. The number of carbonyl (C=O) groups excluding carboxylic acids is 1. The molecule has 1 amide bonds. The molecule has 2 N–H and O–H groups in total. The van der Waals surface area contributed by atoms with E-state index >= 15 is 0 Å². The molecule has 0 saturated heterocycles. The van der Waals surface area contributed by atoms with Gasteiger partial charge in [0.25, 0.3) is 5.91 Å². The molecule has 2 heterocycles. The molecular formula is C19H16BrNO4S. The van der Waals surface area contributed by atoms with E-state index in [1.54, 1.807) is 12.1 Å². The standard InChI is InChI=1S/C19H16BrNO4S/c1-2-3-11-4-6-12(7-5-11)15-10-13(17(26-15)19(23)24)21-18(22)14-8-9-16(20)25-14/h4-10H,2-3H2,1H3,(H,21,22)(H,23,24). The van der Waals surface area contributed by atoms with Crippen LogP contribution in [-0.4, -0.2) is 17.0 Å². The highest BCUT2D eigenvalue weighted by atomic mass is 79.9. The Morgan fingerprint density at radius 2 is 1.92 bits per heavy atom. The maximum absolute atomic E-state index is 12.3. The Morgan fingerprint density at radius 3 is 2.50 bits per heavy atom. The van der Waals surface area contributed by atoms with Gasteiger partial charge in [-0.2, -0.15) is 0 Å². The van der Waals surface area contributed by atoms with Gasteiger partial charge in [-0.05, 0) is 51.7 Å². The Hall–Kier alpha value is -2.38. The molecule has 26 heavy (non-hydrogen) atoms. The normalized spacial score (nSPS) is 10.7. The third kappa shape index (κ3) is 4.05. The van der Waals surface area contributed by atoms with Gasteiger partial charge in [0.05, 0.1) is 5.69 Å². The van der Waals surface area contributed by atoms with Crippen molar-refractivity contribution in [3.05, 3.63) is 63.3 Å². The van der Waals surface area contributed by atoms with Gasteiger partial charge < -0.3 is 14.8 Å². The van der Waals surface area contributed by atoms with Gasteiger partial charge in [0.15, 0.2) is 10.4 Å². The Labute approximate surface area is 162 Å². The minimum Gasteiger partial charge on any atom is -0.477 e. The monoisotopic (exact) mass is 433 g/mol. The highest BCUT2D eigenvalue weighted by Gasteiger charge is 2.20. The highest BCUT2D eigenvalue weighted by molar-refractivity contribution is 9.10. The Kier molecular flexibility index (Phi) is 5.58. The summed E-state index contributed by atoms with van der Waals surface area (Å²) in [7, 11) is 0. The Balaban J connectivity index is 1.88. The maximum Gasteiger partial charge on any atom is 0.348 e. The second-order valence-electron chi connectivity index (χ2n) is 5.66. The summed E-state index contributed by atoms with van der Waals surface area (Å²) >= 11 is 4.26. The molecule has 1 aromatic carbocycles. The molecule has 3 rings (SSSR count). The van der Waals surface area contributed by atoms with Gasteiger partial charge in [0, 0.05) is 4.88 Å². The minimum absolute atomic E-state index is 0.0802. The van der Waals surface area contributed by atoms with E-state index < -0.39 is 11.9 Å². The number of carboxylic acid groups (broad SMARTS) is 1. The zero-order chi connectivity index (χ0) is 18.7. The highest BCUT2D eigenvalue weighted by Crippen LogP contribution is 2.35. The van der Waals surface area contributed by atoms with Crippen LogP contribution in [0, 0.1) is 0 Å². The summed E-state index contributed by atoms with van der Waals surface area (Å²) in [5.41, 5.74) is 2.41. The van der Waals surface area contributed by atoms with Crippen LogP contribution in [-0.2, 0) is 6.42 Å². The van der Waals surface area contributed by atoms with Crippen molar-refractivity contribution in [1.82, 2.24) is 0 Å². The summed E-state index contributed by atoms with van der Waals surface area (Å²) in [5.74, 6) is -1.48. The molecule has 0 aliphatic carbocycles. The van der Waals surface area contributed by atoms with E-state index in [2.05, 4.69) is 28.2 Å². The fraction of sp³-hybridized carbons (Fsp3) is 0.158. The second-order valence-corrected chi connectivity index (χ2v) is 7.50. The van der Waals surface area contributed by atoms with Gasteiger partial charge in [-0.15, -0.1) is 11.3 Å². The Morgan fingerprint density at radius 1 is 1.19 bits per heavy atom. The fourth-order valence-corrected chi connectivity index (χ4v) is 3.79. The first-order valence-electron chi connectivity index (χ1n) is 8.01. The van der Waals surface area contributed by atoms with E-state index in [9.17, 15) is 14.7 Å². The molecule has 2 aromatic heterocycles. The third-order valence-corrected chi connectivity index (χ3v) is 5.35. The molecule has 5 nitrogen and oxygen atoms in total. The first-order chi connectivity index (χ1) is 12.5. The van der Waals surface area contributed by atoms with Crippen molar-refractivity contribution in [2.24, 2.45) is 0 Å². The molecule has 3 aromatic rings. The summed E-state index contributed by atoms with van der Waals surface area (Å²) in [4.78, 5) is 24.7. The van der Waals surface area contributed by atoms with E-state index in [1.807, 2.05) is 24.3 Å². The van der Waals surface area contributed by atoms with Crippen LogP contribution in [0.3, 0.4) is 0 Å². The number of thiophene rings is 1. The lowest BCUT2D eigenvalue weighted by molar-refractivity contribution is 0.0703. The molecule has 7 heteroatoms. The van der Waals surface area contributed by atoms with Gasteiger partial charge in [-0.3, -0.25) is 4.79 Å². The summed E-state index contributed by atoms with van der Waals surface area (Å²) in [6.45, 7) is 2.12. The molecule has 0 unspecified atom stereocenters. The van der Waals surface area contributed by atoms with Crippen LogP contribution in [0.1, 0.15) is 39.1 Å². The van der Waals surface area contributed by atoms with E-state index in [0.29, 0.717) is 4.67 Å². The number of hydrogen-bond donors (Lipinski definition) is 2. The van der Waals surface area contributed by atoms with Crippen molar-refractivity contribution in [2.75, 3.05) is 5.32 Å². The molecule has 0 fully saturated rings. The van der Waals surface area contributed by atoms with Crippen LogP contribution in [0.2, 0.25) is 0 Å². The summed E-state index contributed by atoms with van der Waals surface area (Å²) in [5, 5.41) is 12.1. The first kappa shape index (κ1) is 18.4. The molecular weight excluding hydrogens is 418 g/mol. The van der Waals surface area contributed by atoms with Crippen molar-refractivity contribution in [3.63, 3.8) is 0 Å². The van der Waals surface area contributed by atoms with Gasteiger partial charge in [0.1, 0.15) is 4.88 Å². The second kappa shape index (κ2) is 7.88. The average Bonchev–Trinajstić information content (AvgIpc) is 3.22. The number of aryl methyl sites for hydroxylation is 1. The lowest BCUT2D eigenvalue weighted by Crippen LogP contribution is -2.12. The van der Waals surface area contributed by atoms with Gasteiger partial charge >= 0.3 is 5.97 Å². The lowest BCUT2D eigenvalue weighted by atomic mass is 10.1. The number of amides is 1. The topological polar surface area (TPSA) is 79.5 Å². The molecule has 0 spiro atoms. The van der Waals surface area contributed by atoms with Crippen LogP contribution < -0.4 is 5.32 Å². The SMILES string of the molecule is CCCc1ccc(-c2cc(NC(=O)c3ccc(Br)o3)c(C(=O)O)s2)cc1. The van der Waals surface area contributed by atoms with Crippen LogP contribution in [0.25, 0.3) is 10.4 Å². The van der Waals surface area contributed by atoms with Crippen molar-refractivity contribution < 1.29 is 19.1 Å². The predicted octanol–water partition coefficient (Wildman–Crippen LogP) is 5.67. The molecule has 0 bridgehead atoms. The minimum atomic E-state index is -1.08. The number of rotatable bonds is 6. The van der Waals surface area contributed by atoms with Crippen molar-refractivity contribution in [1.29, 1.82) is 0 Å². The quantitative estimate of drug-likeness (QED) is 0.524. The number of furan rings is 1. The smallest absolute Gasteiger partial charge is 0.348 e. The summed E-state index contributed by atoms with van der Waals surface area (Å²) in [6, 6.07) is 12.8. The van der Waals surface area contributed by atoms with Crippen LogP contribution >= 0.6 is 27.3 Å². The third-order valence-electron chi connectivity index (χ3n) is 3.75. The maximum atomic E-state index is 12.3. The lowest BCUT2D eigenvalue weighted by Gasteiger charge is -2.02. The number of carbonyl (C=O) groups is 2. The Bertz CT molecular complexity index is 943. The molecule has 0 aliphatic heterocycles. The molecule has 0 aliphatic rings.